The largest absolute Gasteiger partial charge is 0.432 e. The van der Waals surface area contributed by atoms with Crippen LogP contribution in [0.25, 0.3) is 0 Å². The van der Waals surface area contributed by atoms with E-state index in [4.69, 9.17) is 0 Å². The first kappa shape index (κ1) is 11.3. The minimum absolute atomic E-state index is 0. The molecule has 1 aromatic heterocycles. The predicted molar refractivity (Wildman–Crippen MR) is 28.0 cm³/mol. The second kappa shape index (κ2) is 5.61. The zero-order valence-corrected chi connectivity index (χ0v) is 14.8. The van der Waals surface area contributed by atoms with Crippen molar-refractivity contribution in [1.82, 2.24) is 0 Å². The van der Waals surface area contributed by atoms with Crippen molar-refractivity contribution >= 4 is 17.6 Å². The molecule has 0 aromatic carbocycles. The molecule has 4 heteroatoms. The Bertz CT molecular complexity index is 152. The van der Waals surface area contributed by atoms with Crippen molar-refractivity contribution in [2.75, 3.05) is 0 Å². The molecule has 1 radical (unpaired) electrons. The van der Waals surface area contributed by atoms with Crippen molar-refractivity contribution in [1.29, 1.82) is 0 Å². The first-order valence-electron chi connectivity index (χ1n) is 1.77. The molecule has 0 aliphatic heterocycles. The maximum Gasteiger partial charge on any atom is 0 e. The van der Waals surface area contributed by atoms with Crippen LogP contribution in [0.3, 0.4) is 0 Å². The normalized spacial score (nSPS) is 6.67. The maximum absolute atomic E-state index is 9.73. The average Bonchev–Trinajstić information content (AvgIpc) is 2.14. The SMILES string of the molecule is O=[C-]c1cc[c-]s1.[Rf].[Y]. The van der Waals surface area contributed by atoms with Crippen LogP contribution in [0.2, 0.25) is 0 Å². The van der Waals surface area contributed by atoms with E-state index in [1.165, 1.54) is 11.3 Å². The molecule has 9 heavy (non-hydrogen) atoms. The molecule has 1 rings (SSSR count). The minimum Gasteiger partial charge on any atom is -0.432 e. The van der Waals surface area contributed by atoms with Crippen LogP contribution in [0.15, 0.2) is 12.1 Å². The van der Waals surface area contributed by atoms with E-state index in [9.17, 15) is 4.79 Å². The van der Waals surface area contributed by atoms with E-state index in [-0.39, 0.29) is 32.7 Å². The standard InChI is InChI=1S/C5H2OS.Rf.Y/c6-4-5-2-1-3-7-5;;/h1-2H;;/q-2;;. The van der Waals surface area contributed by atoms with Crippen molar-refractivity contribution in [3.8, 4) is 0 Å². The smallest absolute Gasteiger partial charge is 0 e. The summed E-state index contributed by atoms with van der Waals surface area (Å²) in [5.74, 6) is 0. The molecule has 41 valence electrons. The van der Waals surface area contributed by atoms with Gasteiger partial charge >= 0.3 is 0 Å². The molecule has 0 unspecified atom stereocenters. The summed E-state index contributed by atoms with van der Waals surface area (Å²) in [5.41, 5.74) is 0. The van der Waals surface area contributed by atoms with E-state index < -0.39 is 0 Å². The molecule has 0 atom stereocenters. The molecule has 0 saturated carbocycles. The van der Waals surface area contributed by atoms with E-state index in [1.54, 1.807) is 18.4 Å². The fourth-order valence-electron chi connectivity index (χ4n) is 0.296. The van der Waals surface area contributed by atoms with Crippen molar-refractivity contribution in [3.63, 3.8) is 0 Å². The Morgan fingerprint density at radius 2 is 2.33 bits per heavy atom. The number of hydrogen-bond donors (Lipinski definition) is 0. The summed E-state index contributed by atoms with van der Waals surface area (Å²) >= 11 is 1.27. The van der Waals surface area contributed by atoms with Crippen LogP contribution < -0.4 is 0 Å². The fraction of sp³-hybridized carbons (Fsp3) is 0. The predicted octanol–water partition coefficient (Wildman–Crippen LogP) is 1.00. The molecular weight excluding hydrogens is 464 g/mol. The van der Waals surface area contributed by atoms with Gasteiger partial charge in [0.05, 0.1) is 0 Å². The fourth-order valence-corrected chi connectivity index (χ4v) is 0.737. The Balaban J connectivity index is 0. The minimum atomic E-state index is 0. The van der Waals surface area contributed by atoms with Gasteiger partial charge in [-0.3, -0.25) is 0 Å². The van der Waals surface area contributed by atoms with Gasteiger partial charge in [-0.2, -0.15) is 10.9 Å². The van der Waals surface area contributed by atoms with E-state index in [0.29, 0.717) is 4.88 Å². The quantitative estimate of drug-likeness (QED) is 0.566. The number of carbonyl (C=O) groups excluding carboxylic acids is 1. The van der Waals surface area contributed by atoms with Crippen molar-refractivity contribution in [2.24, 2.45) is 0 Å². The van der Waals surface area contributed by atoms with E-state index >= 15 is 0 Å². The molecular formula is C5H2ORfSY-2. The van der Waals surface area contributed by atoms with Gasteiger partial charge in [0, 0.05) is 32.7 Å². The Morgan fingerprint density at radius 1 is 1.67 bits per heavy atom. The van der Waals surface area contributed by atoms with Gasteiger partial charge in [0.25, 0.3) is 0 Å². The Morgan fingerprint density at radius 3 is 2.56 bits per heavy atom. The molecule has 0 fully saturated rings. The van der Waals surface area contributed by atoms with Gasteiger partial charge in [-0.1, -0.05) is 6.29 Å². The van der Waals surface area contributed by atoms with Gasteiger partial charge in [-0.25, -0.2) is 6.07 Å². The van der Waals surface area contributed by atoms with Crippen LogP contribution in [0.1, 0.15) is 4.88 Å². The summed E-state index contributed by atoms with van der Waals surface area (Å²) < 4.78 is 0. The summed E-state index contributed by atoms with van der Waals surface area (Å²) in [6, 6.07) is 3.38. The molecule has 1 aromatic rings. The third-order valence-electron chi connectivity index (χ3n) is 0.572. The second-order valence-electron chi connectivity index (χ2n) is 1.02. The van der Waals surface area contributed by atoms with Gasteiger partial charge < -0.3 is 16.1 Å². The van der Waals surface area contributed by atoms with Gasteiger partial charge in [-0.15, -0.1) is 5.38 Å². The van der Waals surface area contributed by atoms with Gasteiger partial charge in [-0.05, 0) is 0 Å². The zero-order chi connectivity index (χ0) is 5.11. The van der Waals surface area contributed by atoms with Crippen LogP contribution >= 0.6 is 11.3 Å². The zero-order valence-electron chi connectivity index (χ0n) is 4.76. The summed E-state index contributed by atoms with van der Waals surface area (Å²) in [4.78, 5) is 10.3. The molecule has 0 N–H and O–H groups in total. The second-order valence-corrected chi connectivity index (χ2v) is 1.90. The van der Waals surface area contributed by atoms with Crippen molar-refractivity contribution in [3.05, 3.63) is 22.4 Å². The average molecular weight is 466 g/mol. The van der Waals surface area contributed by atoms with Crippen LogP contribution in [-0.4, -0.2) is 6.29 Å². The summed E-state index contributed by atoms with van der Waals surface area (Å²) in [6.07, 6.45) is 1.74. The van der Waals surface area contributed by atoms with Crippen LogP contribution in [-0.2, 0) is 37.5 Å². The van der Waals surface area contributed by atoms with Gasteiger partial charge in [0.15, 0.2) is 0 Å². The molecule has 0 bridgehead atoms. The summed E-state index contributed by atoms with van der Waals surface area (Å²) in [5, 5.41) is 2.76. The van der Waals surface area contributed by atoms with Crippen LogP contribution in [0, 0.1) is 5.38 Å². The maximum atomic E-state index is 9.73. The van der Waals surface area contributed by atoms with E-state index in [2.05, 4.69) is 5.38 Å². The number of thiophene rings is 1. The van der Waals surface area contributed by atoms with Crippen molar-refractivity contribution < 1.29 is 37.5 Å². The molecule has 0 spiro atoms. The van der Waals surface area contributed by atoms with E-state index in [0.717, 1.165) is 0 Å². The summed E-state index contributed by atoms with van der Waals surface area (Å²) in [6.45, 7) is 0. The molecule has 0 amide bonds. The number of hydrogen-bond acceptors (Lipinski definition) is 2. The Labute approximate surface area is 77.0 Å². The van der Waals surface area contributed by atoms with Crippen molar-refractivity contribution in [2.45, 2.75) is 0 Å². The van der Waals surface area contributed by atoms with Crippen LogP contribution in [0.4, 0.5) is 0 Å². The third-order valence-corrected chi connectivity index (χ3v) is 1.27. The topological polar surface area (TPSA) is 17.1 Å². The van der Waals surface area contributed by atoms with Gasteiger partial charge in [0.1, 0.15) is 0 Å². The Hall–Kier alpha value is -0.526. The summed E-state index contributed by atoms with van der Waals surface area (Å²) in [7, 11) is 0. The third kappa shape index (κ3) is 3.12. The molecule has 0 saturated heterocycles. The molecule has 0 aliphatic carbocycles. The van der Waals surface area contributed by atoms with Crippen LogP contribution in [0.5, 0.6) is 0 Å². The number of rotatable bonds is 1. The molecule has 1 heterocycles. The first-order chi connectivity index (χ1) is 3.43. The van der Waals surface area contributed by atoms with Gasteiger partial charge in [0.2, 0.25) is 0 Å². The Kier molecular flexibility index (Phi) is 7.04. The molecule has 1 nitrogen and oxygen atoms in total. The first-order valence-corrected chi connectivity index (χ1v) is 2.59. The molecule has 0 aliphatic rings. The monoisotopic (exact) mass is 466 g/mol. The van der Waals surface area contributed by atoms with E-state index in [1.807, 2.05) is 0 Å².